The zero-order chi connectivity index (χ0) is 15.6. The molecule has 1 saturated carbocycles. The van der Waals surface area contributed by atoms with E-state index >= 15 is 0 Å². The standard InChI is InChI=1S/C14H21ClN2O3S/c1-3-17-9-12(21(15,19)20)8-13(17)14(18)16-10(2)11-6-4-5-7-11/h8-11H,3-7H2,1-2H3,(H,16,18). The summed E-state index contributed by atoms with van der Waals surface area (Å²) >= 11 is 0. The first-order valence-corrected chi connectivity index (χ1v) is 9.59. The Balaban J connectivity index is 2.16. The van der Waals surface area contributed by atoms with E-state index in [9.17, 15) is 13.2 Å². The fraction of sp³-hybridized carbons (Fsp3) is 0.643. The number of carbonyl (C=O) groups is 1. The van der Waals surface area contributed by atoms with E-state index in [1.165, 1.54) is 25.1 Å². The molecule has 1 heterocycles. The van der Waals surface area contributed by atoms with Crippen molar-refractivity contribution in [1.82, 2.24) is 9.88 Å². The van der Waals surface area contributed by atoms with Crippen molar-refractivity contribution in [2.24, 2.45) is 5.92 Å². The average Bonchev–Trinajstić information content (AvgIpc) is 3.07. The zero-order valence-electron chi connectivity index (χ0n) is 12.3. The Bertz CT molecular complexity index is 618. The maximum Gasteiger partial charge on any atom is 0.268 e. The van der Waals surface area contributed by atoms with Crippen LogP contribution in [0.5, 0.6) is 0 Å². The molecule has 0 aromatic carbocycles. The van der Waals surface area contributed by atoms with Crippen LogP contribution in [0.2, 0.25) is 0 Å². The molecule has 1 aromatic heterocycles. The number of amides is 1. The van der Waals surface area contributed by atoms with Gasteiger partial charge in [-0.3, -0.25) is 4.79 Å². The first kappa shape index (κ1) is 16.4. The third-order valence-electron chi connectivity index (χ3n) is 4.19. The van der Waals surface area contributed by atoms with E-state index in [2.05, 4.69) is 5.32 Å². The van der Waals surface area contributed by atoms with Gasteiger partial charge in [-0.1, -0.05) is 12.8 Å². The van der Waals surface area contributed by atoms with E-state index in [0.717, 1.165) is 12.8 Å². The molecule has 2 rings (SSSR count). The monoisotopic (exact) mass is 332 g/mol. The lowest BCUT2D eigenvalue weighted by Crippen LogP contribution is -2.38. The Kier molecular flexibility index (Phi) is 4.99. The molecule has 5 nitrogen and oxygen atoms in total. The van der Waals surface area contributed by atoms with E-state index in [1.54, 1.807) is 4.57 Å². The third-order valence-corrected chi connectivity index (χ3v) is 5.51. The molecule has 0 bridgehead atoms. The summed E-state index contributed by atoms with van der Waals surface area (Å²) < 4.78 is 24.4. The van der Waals surface area contributed by atoms with Crippen LogP contribution in [0, 0.1) is 5.92 Å². The topological polar surface area (TPSA) is 68.2 Å². The van der Waals surface area contributed by atoms with Gasteiger partial charge in [-0.25, -0.2) is 8.42 Å². The second-order valence-corrected chi connectivity index (χ2v) is 8.16. The van der Waals surface area contributed by atoms with E-state index in [1.807, 2.05) is 13.8 Å². The quantitative estimate of drug-likeness (QED) is 0.843. The molecule has 21 heavy (non-hydrogen) atoms. The van der Waals surface area contributed by atoms with Crippen molar-refractivity contribution in [1.29, 1.82) is 0 Å². The summed E-state index contributed by atoms with van der Waals surface area (Å²) in [6.45, 7) is 4.36. The molecule has 1 aliphatic rings. The second-order valence-electron chi connectivity index (χ2n) is 5.59. The summed E-state index contributed by atoms with van der Waals surface area (Å²) in [7, 11) is 1.52. The van der Waals surface area contributed by atoms with Crippen molar-refractivity contribution in [3.8, 4) is 0 Å². The van der Waals surface area contributed by atoms with Gasteiger partial charge < -0.3 is 9.88 Å². The van der Waals surface area contributed by atoms with Gasteiger partial charge in [0.05, 0.1) is 0 Å². The molecule has 1 fully saturated rings. The molecular formula is C14H21ClN2O3S. The van der Waals surface area contributed by atoms with Gasteiger partial charge in [-0.05, 0) is 38.7 Å². The minimum atomic E-state index is -3.82. The average molecular weight is 333 g/mol. The highest BCUT2D eigenvalue weighted by atomic mass is 35.7. The summed E-state index contributed by atoms with van der Waals surface area (Å²) in [5.74, 6) is 0.262. The molecule has 0 aliphatic heterocycles. The number of hydrogen-bond acceptors (Lipinski definition) is 3. The van der Waals surface area contributed by atoms with Crippen LogP contribution in [0.1, 0.15) is 50.0 Å². The number of rotatable bonds is 5. The molecule has 0 radical (unpaired) electrons. The largest absolute Gasteiger partial charge is 0.348 e. The number of hydrogen-bond donors (Lipinski definition) is 1. The van der Waals surface area contributed by atoms with Crippen LogP contribution >= 0.6 is 10.7 Å². The number of carbonyl (C=O) groups excluding carboxylic acids is 1. The maximum atomic E-state index is 12.4. The lowest BCUT2D eigenvalue weighted by Gasteiger charge is -2.20. The zero-order valence-corrected chi connectivity index (χ0v) is 13.9. The number of nitrogens with zero attached hydrogens (tertiary/aromatic N) is 1. The lowest BCUT2D eigenvalue weighted by molar-refractivity contribution is 0.0918. The summed E-state index contributed by atoms with van der Waals surface area (Å²) in [5.41, 5.74) is 0.335. The molecule has 118 valence electrons. The highest BCUT2D eigenvalue weighted by Gasteiger charge is 2.25. The number of aromatic nitrogens is 1. The number of aryl methyl sites for hydroxylation is 1. The van der Waals surface area contributed by atoms with Crippen LogP contribution < -0.4 is 5.32 Å². The molecule has 1 aromatic rings. The van der Waals surface area contributed by atoms with Crippen LogP contribution in [-0.4, -0.2) is 24.9 Å². The van der Waals surface area contributed by atoms with Gasteiger partial charge in [0.25, 0.3) is 15.0 Å². The van der Waals surface area contributed by atoms with E-state index < -0.39 is 9.05 Å². The molecule has 1 amide bonds. The molecular weight excluding hydrogens is 312 g/mol. The Labute approximate surface area is 130 Å². The van der Waals surface area contributed by atoms with Gasteiger partial charge in [0.15, 0.2) is 0 Å². The fourth-order valence-electron chi connectivity index (χ4n) is 2.92. The van der Waals surface area contributed by atoms with Crippen molar-refractivity contribution < 1.29 is 13.2 Å². The van der Waals surface area contributed by atoms with Crippen molar-refractivity contribution in [3.63, 3.8) is 0 Å². The van der Waals surface area contributed by atoms with Gasteiger partial charge >= 0.3 is 0 Å². The first-order chi connectivity index (χ1) is 9.82. The Hall–Kier alpha value is -1.01. The van der Waals surface area contributed by atoms with Crippen molar-refractivity contribution in [3.05, 3.63) is 18.0 Å². The molecule has 0 spiro atoms. The minimum absolute atomic E-state index is 0.0373. The van der Waals surface area contributed by atoms with Crippen molar-refractivity contribution >= 4 is 25.6 Å². The Morgan fingerprint density at radius 2 is 2.10 bits per heavy atom. The summed E-state index contributed by atoms with van der Waals surface area (Å²) in [5, 5.41) is 2.98. The second kappa shape index (κ2) is 6.40. The molecule has 7 heteroatoms. The van der Waals surface area contributed by atoms with Gasteiger partial charge in [-0.15, -0.1) is 0 Å². The minimum Gasteiger partial charge on any atom is -0.348 e. The van der Waals surface area contributed by atoms with Crippen LogP contribution in [0.3, 0.4) is 0 Å². The van der Waals surface area contributed by atoms with Crippen LogP contribution in [0.25, 0.3) is 0 Å². The number of nitrogens with one attached hydrogen (secondary N) is 1. The van der Waals surface area contributed by atoms with Crippen molar-refractivity contribution in [2.75, 3.05) is 0 Å². The van der Waals surface area contributed by atoms with Gasteiger partial charge in [-0.2, -0.15) is 0 Å². The van der Waals surface area contributed by atoms with E-state index in [4.69, 9.17) is 10.7 Å². The number of halogens is 1. The molecule has 1 aliphatic carbocycles. The normalized spacial score (nSPS) is 17.9. The third kappa shape index (κ3) is 3.80. The molecule has 0 saturated heterocycles. The predicted molar refractivity (Wildman–Crippen MR) is 82.0 cm³/mol. The smallest absolute Gasteiger partial charge is 0.268 e. The van der Waals surface area contributed by atoms with Gasteiger partial charge in [0.1, 0.15) is 10.6 Å². The van der Waals surface area contributed by atoms with Gasteiger partial charge in [0.2, 0.25) is 0 Å². The van der Waals surface area contributed by atoms with Crippen LogP contribution in [-0.2, 0) is 15.6 Å². The predicted octanol–water partition coefficient (Wildman–Crippen LogP) is 2.74. The molecule has 1 atom stereocenters. The van der Waals surface area contributed by atoms with Crippen LogP contribution in [0.4, 0.5) is 0 Å². The Morgan fingerprint density at radius 1 is 1.48 bits per heavy atom. The maximum absolute atomic E-state index is 12.4. The van der Waals surface area contributed by atoms with E-state index in [0.29, 0.717) is 18.2 Å². The van der Waals surface area contributed by atoms with Crippen LogP contribution in [0.15, 0.2) is 17.2 Å². The lowest BCUT2D eigenvalue weighted by atomic mass is 10.00. The highest BCUT2D eigenvalue weighted by molar-refractivity contribution is 8.13. The SMILES string of the molecule is CCn1cc(S(=O)(=O)Cl)cc1C(=O)NC(C)C1CCCC1. The fourth-order valence-corrected chi connectivity index (χ4v) is 3.68. The summed E-state index contributed by atoms with van der Waals surface area (Å²) in [6.07, 6.45) is 6.10. The van der Waals surface area contributed by atoms with Crippen molar-refractivity contribution in [2.45, 2.75) is 57.0 Å². The first-order valence-electron chi connectivity index (χ1n) is 7.28. The Morgan fingerprint density at radius 3 is 2.62 bits per heavy atom. The summed E-state index contributed by atoms with van der Waals surface area (Å²) in [4.78, 5) is 12.3. The highest BCUT2D eigenvalue weighted by Crippen LogP contribution is 2.27. The molecule has 1 unspecified atom stereocenters. The van der Waals surface area contributed by atoms with Gasteiger partial charge in [0, 0.05) is 29.5 Å². The molecule has 1 N–H and O–H groups in total. The summed E-state index contributed by atoms with van der Waals surface area (Å²) in [6, 6.07) is 1.43. The van der Waals surface area contributed by atoms with E-state index in [-0.39, 0.29) is 16.8 Å².